The number of pyridine rings is 1. The van der Waals surface area contributed by atoms with E-state index in [1.807, 2.05) is 18.5 Å². The highest BCUT2D eigenvalue weighted by atomic mass is 16.5. The highest BCUT2D eigenvalue weighted by molar-refractivity contribution is 5.44. The molecule has 26 heavy (non-hydrogen) atoms. The fraction of sp³-hybridized carbons (Fsp3) is 0.500. The van der Waals surface area contributed by atoms with Gasteiger partial charge in [0.05, 0.1) is 19.0 Å². The Morgan fingerprint density at radius 2 is 1.69 bits per heavy atom. The van der Waals surface area contributed by atoms with Gasteiger partial charge in [0.2, 0.25) is 0 Å². The number of hydrogen-bond acceptors (Lipinski definition) is 4. The number of benzene rings is 1. The molecule has 1 saturated carbocycles. The highest BCUT2D eigenvalue weighted by Gasteiger charge is 2.29. The third-order valence-corrected chi connectivity index (χ3v) is 6.12. The number of rotatable bonds is 4. The van der Waals surface area contributed by atoms with Crippen LogP contribution >= 0.6 is 0 Å². The average molecular weight is 351 g/mol. The molecule has 0 N–H and O–H groups in total. The minimum Gasteiger partial charge on any atom is -0.496 e. The number of piperazine rings is 1. The molecular weight excluding hydrogens is 322 g/mol. The second kappa shape index (κ2) is 8.09. The first-order valence-electron chi connectivity index (χ1n) is 9.87. The van der Waals surface area contributed by atoms with E-state index in [0.717, 1.165) is 24.9 Å². The predicted octanol–water partition coefficient (Wildman–Crippen LogP) is 3.94. The van der Waals surface area contributed by atoms with Crippen LogP contribution in [0.2, 0.25) is 0 Å². The largest absolute Gasteiger partial charge is 0.496 e. The second-order valence-electron chi connectivity index (χ2n) is 7.48. The smallest absolute Gasteiger partial charge is 0.122 e. The molecule has 138 valence electrons. The number of para-hydroxylation sites is 1. The van der Waals surface area contributed by atoms with Crippen LogP contribution < -0.4 is 9.64 Å². The maximum Gasteiger partial charge on any atom is 0.122 e. The first-order chi connectivity index (χ1) is 12.8. The van der Waals surface area contributed by atoms with Crippen molar-refractivity contribution in [3.05, 3.63) is 54.4 Å². The van der Waals surface area contributed by atoms with Crippen molar-refractivity contribution in [3.8, 4) is 5.75 Å². The Hall–Kier alpha value is -2.07. The van der Waals surface area contributed by atoms with Crippen molar-refractivity contribution in [1.82, 2.24) is 9.88 Å². The molecule has 0 radical (unpaired) electrons. The van der Waals surface area contributed by atoms with Gasteiger partial charge in [0.1, 0.15) is 5.75 Å². The Balaban J connectivity index is 1.30. The van der Waals surface area contributed by atoms with Gasteiger partial charge >= 0.3 is 0 Å². The van der Waals surface area contributed by atoms with E-state index in [-0.39, 0.29) is 0 Å². The van der Waals surface area contributed by atoms with Crippen LogP contribution in [-0.4, -0.2) is 49.2 Å². The third-order valence-electron chi connectivity index (χ3n) is 6.12. The Morgan fingerprint density at radius 1 is 0.923 bits per heavy atom. The van der Waals surface area contributed by atoms with Gasteiger partial charge < -0.3 is 9.64 Å². The monoisotopic (exact) mass is 351 g/mol. The molecule has 4 heteroatoms. The Morgan fingerprint density at radius 3 is 2.38 bits per heavy atom. The van der Waals surface area contributed by atoms with Crippen LogP contribution in [0.4, 0.5) is 5.69 Å². The minimum absolute atomic E-state index is 0.652. The molecule has 0 spiro atoms. The first kappa shape index (κ1) is 17.3. The van der Waals surface area contributed by atoms with Gasteiger partial charge in [-0.2, -0.15) is 0 Å². The summed E-state index contributed by atoms with van der Waals surface area (Å²) in [5.41, 5.74) is 2.65. The summed E-state index contributed by atoms with van der Waals surface area (Å²) in [5.74, 6) is 1.71. The van der Waals surface area contributed by atoms with Crippen molar-refractivity contribution in [2.45, 2.75) is 37.6 Å². The molecular formula is C22H29N3O. The van der Waals surface area contributed by atoms with Crippen LogP contribution in [0.3, 0.4) is 0 Å². The van der Waals surface area contributed by atoms with E-state index in [1.165, 1.54) is 50.0 Å². The lowest BCUT2D eigenvalue weighted by Crippen LogP contribution is -2.51. The van der Waals surface area contributed by atoms with Crippen molar-refractivity contribution in [1.29, 1.82) is 0 Å². The molecule has 1 aromatic carbocycles. The molecule has 0 amide bonds. The van der Waals surface area contributed by atoms with Crippen molar-refractivity contribution in [2.75, 3.05) is 38.2 Å². The lowest BCUT2D eigenvalue weighted by Gasteiger charge is -2.42. The molecule has 2 aliphatic rings. The van der Waals surface area contributed by atoms with Crippen molar-refractivity contribution >= 4 is 5.69 Å². The van der Waals surface area contributed by atoms with E-state index in [2.05, 4.69) is 45.1 Å². The average Bonchev–Trinajstić information content (AvgIpc) is 2.74. The molecule has 0 bridgehead atoms. The van der Waals surface area contributed by atoms with Crippen molar-refractivity contribution in [3.63, 3.8) is 0 Å². The van der Waals surface area contributed by atoms with E-state index < -0.39 is 0 Å². The Labute approximate surface area is 156 Å². The third kappa shape index (κ3) is 3.70. The summed E-state index contributed by atoms with van der Waals surface area (Å²) in [7, 11) is 1.78. The molecule has 0 atom stereocenters. The summed E-state index contributed by atoms with van der Waals surface area (Å²) in [6.45, 7) is 4.55. The van der Waals surface area contributed by atoms with Gasteiger partial charge in [-0.3, -0.25) is 9.88 Å². The standard InChI is InChI=1S/C22H29N3O/c1-26-22-7-3-2-6-21(22)18-8-10-19(11-9-18)24-13-15-25(16-14-24)20-5-4-12-23-17-20/h2-7,12,17-19H,8-11,13-16H2,1H3. The first-order valence-corrected chi connectivity index (χ1v) is 9.87. The Kier molecular flexibility index (Phi) is 5.40. The molecule has 2 fully saturated rings. The number of anilines is 1. The number of aromatic nitrogens is 1. The van der Waals surface area contributed by atoms with E-state index in [0.29, 0.717) is 5.92 Å². The van der Waals surface area contributed by atoms with Crippen LogP contribution in [-0.2, 0) is 0 Å². The molecule has 1 saturated heterocycles. The van der Waals surface area contributed by atoms with Gasteiger partial charge in [-0.15, -0.1) is 0 Å². The molecule has 1 aromatic heterocycles. The SMILES string of the molecule is COc1ccccc1C1CCC(N2CCN(c3cccnc3)CC2)CC1. The molecule has 4 rings (SSSR count). The maximum absolute atomic E-state index is 5.57. The lowest BCUT2D eigenvalue weighted by molar-refractivity contribution is 0.141. The number of ether oxygens (including phenoxy) is 1. The molecule has 2 heterocycles. The van der Waals surface area contributed by atoms with Gasteiger partial charge in [-0.05, 0) is 55.4 Å². The van der Waals surface area contributed by atoms with Gasteiger partial charge in [0.15, 0.2) is 0 Å². The zero-order chi connectivity index (χ0) is 17.8. The number of hydrogen-bond donors (Lipinski definition) is 0. The van der Waals surface area contributed by atoms with E-state index in [1.54, 1.807) is 7.11 Å². The van der Waals surface area contributed by atoms with E-state index in [9.17, 15) is 0 Å². The summed E-state index contributed by atoms with van der Waals surface area (Å²) in [6.07, 6.45) is 8.97. The topological polar surface area (TPSA) is 28.6 Å². The normalized spacial score (nSPS) is 24.4. The van der Waals surface area contributed by atoms with Crippen molar-refractivity contribution < 1.29 is 4.74 Å². The molecule has 1 aliphatic carbocycles. The highest BCUT2D eigenvalue weighted by Crippen LogP contribution is 2.38. The molecule has 2 aromatic rings. The van der Waals surface area contributed by atoms with Crippen LogP contribution in [0.25, 0.3) is 0 Å². The second-order valence-corrected chi connectivity index (χ2v) is 7.48. The molecule has 4 nitrogen and oxygen atoms in total. The fourth-order valence-electron chi connectivity index (χ4n) is 4.64. The van der Waals surface area contributed by atoms with Gasteiger partial charge in [-0.25, -0.2) is 0 Å². The zero-order valence-corrected chi connectivity index (χ0v) is 15.7. The summed E-state index contributed by atoms with van der Waals surface area (Å²) in [5, 5.41) is 0. The molecule has 0 unspecified atom stereocenters. The van der Waals surface area contributed by atoms with Crippen LogP contribution in [0, 0.1) is 0 Å². The summed E-state index contributed by atoms with van der Waals surface area (Å²) < 4.78 is 5.57. The maximum atomic E-state index is 5.57. The Bertz CT molecular complexity index is 690. The van der Waals surface area contributed by atoms with Gasteiger partial charge in [-0.1, -0.05) is 18.2 Å². The van der Waals surface area contributed by atoms with Crippen LogP contribution in [0.1, 0.15) is 37.2 Å². The summed E-state index contributed by atoms with van der Waals surface area (Å²) >= 11 is 0. The number of nitrogens with zero attached hydrogens (tertiary/aromatic N) is 3. The van der Waals surface area contributed by atoms with Crippen molar-refractivity contribution in [2.24, 2.45) is 0 Å². The number of methoxy groups -OCH3 is 1. The van der Waals surface area contributed by atoms with E-state index in [4.69, 9.17) is 4.74 Å². The minimum atomic E-state index is 0.652. The quantitative estimate of drug-likeness (QED) is 0.834. The van der Waals surface area contributed by atoms with E-state index >= 15 is 0 Å². The van der Waals surface area contributed by atoms with Gasteiger partial charge in [0, 0.05) is 38.4 Å². The molecule has 1 aliphatic heterocycles. The van der Waals surface area contributed by atoms with Gasteiger partial charge in [0.25, 0.3) is 0 Å². The predicted molar refractivity (Wildman–Crippen MR) is 106 cm³/mol. The fourth-order valence-corrected chi connectivity index (χ4v) is 4.64. The summed E-state index contributed by atoms with van der Waals surface area (Å²) in [6, 6.07) is 13.5. The lowest BCUT2D eigenvalue weighted by atomic mass is 9.80. The van der Waals surface area contributed by atoms with Crippen LogP contribution in [0.5, 0.6) is 5.75 Å². The summed E-state index contributed by atoms with van der Waals surface area (Å²) in [4.78, 5) is 9.43. The van der Waals surface area contributed by atoms with Crippen LogP contribution in [0.15, 0.2) is 48.8 Å². The zero-order valence-electron chi connectivity index (χ0n) is 15.7.